The van der Waals surface area contributed by atoms with Crippen molar-refractivity contribution in [1.29, 1.82) is 0 Å². The lowest BCUT2D eigenvalue weighted by Gasteiger charge is -2.44. The second kappa shape index (κ2) is 9.71. The highest BCUT2D eigenvalue weighted by Crippen LogP contribution is 2.58. The van der Waals surface area contributed by atoms with E-state index in [1.165, 1.54) is 43.3 Å². The molecule has 0 heterocycles. The molecular formula is C27H44O3. The summed E-state index contributed by atoms with van der Waals surface area (Å²) in [6, 6.07) is 0. The van der Waals surface area contributed by atoms with Crippen LogP contribution in [0.2, 0.25) is 0 Å². The Balaban J connectivity index is 1.66. The number of hydrogen-bond acceptors (Lipinski definition) is 3. The van der Waals surface area contributed by atoms with Gasteiger partial charge in [0.1, 0.15) is 0 Å². The predicted molar refractivity (Wildman–Crippen MR) is 124 cm³/mol. The van der Waals surface area contributed by atoms with E-state index in [1.54, 1.807) is 5.57 Å². The average Bonchev–Trinajstić information content (AvgIpc) is 3.03. The Morgan fingerprint density at radius 1 is 1.23 bits per heavy atom. The maximum atomic E-state index is 9.97. The molecule has 30 heavy (non-hydrogen) atoms. The smallest absolute Gasteiger partial charge is 0.0613 e. The number of ether oxygens (including phenoxy) is 1. The third kappa shape index (κ3) is 5.47. The van der Waals surface area contributed by atoms with Crippen molar-refractivity contribution in [2.24, 2.45) is 23.2 Å². The molecule has 0 spiro atoms. The molecule has 0 aromatic heterocycles. The first-order valence-electron chi connectivity index (χ1n) is 12.1. The van der Waals surface area contributed by atoms with Crippen molar-refractivity contribution in [3.63, 3.8) is 0 Å². The van der Waals surface area contributed by atoms with E-state index < -0.39 is 5.60 Å². The lowest BCUT2D eigenvalue weighted by atomic mass is 9.62. The van der Waals surface area contributed by atoms with Gasteiger partial charge in [-0.15, -0.1) is 0 Å². The predicted octanol–water partition coefficient (Wildman–Crippen LogP) is 5.97. The molecule has 0 aromatic rings. The van der Waals surface area contributed by atoms with Crippen LogP contribution in [0.3, 0.4) is 0 Å². The number of hydrogen-bond donors (Lipinski definition) is 2. The molecule has 3 heteroatoms. The Kier molecular flexibility index (Phi) is 7.69. The van der Waals surface area contributed by atoms with Gasteiger partial charge in [0.05, 0.1) is 11.7 Å². The number of allylic oxidation sites excluding steroid dienone is 4. The molecule has 3 nitrogen and oxygen atoms in total. The van der Waals surface area contributed by atoms with Crippen LogP contribution in [0.5, 0.6) is 0 Å². The van der Waals surface area contributed by atoms with Crippen LogP contribution in [-0.4, -0.2) is 35.1 Å². The topological polar surface area (TPSA) is 49.7 Å². The van der Waals surface area contributed by atoms with E-state index in [0.717, 1.165) is 19.3 Å². The summed E-state index contributed by atoms with van der Waals surface area (Å²) in [5.41, 5.74) is 3.98. The van der Waals surface area contributed by atoms with Crippen molar-refractivity contribution < 1.29 is 14.9 Å². The Morgan fingerprint density at radius 2 is 2.00 bits per heavy atom. The maximum Gasteiger partial charge on any atom is 0.0613 e. The van der Waals surface area contributed by atoms with Gasteiger partial charge >= 0.3 is 0 Å². The molecule has 2 N–H and O–H groups in total. The largest absolute Gasteiger partial charge is 0.396 e. The molecule has 5 atom stereocenters. The van der Waals surface area contributed by atoms with E-state index in [9.17, 15) is 10.2 Å². The van der Waals surface area contributed by atoms with Gasteiger partial charge in [-0.25, -0.2) is 0 Å². The minimum atomic E-state index is -0.656. The fourth-order valence-corrected chi connectivity index (χ4v) is 6.32. The second-order valence-corrected chi connectivity index (χ2v) is 11.0. The van der Waals surface area contributed by atoms with E-state index in [0.29, 0.717) is 30.3 Å². The number of aliphatic hydroxyl groups is 2. The minimum absolute atomic E-state index is 0.223. The average molecular weight is 417 g/mol. The van der Waals surface area contributed by atoms with E-state index in [4.69, 9.17) is 4.74 Å². The first-order valence-corrected chi connectivity index (χ1v) is 12.1. The molecule has 4 unspecified atom stereocenters. The summed E-state index contributed by atoms with van der Waals surface area (Å²) in [5.74, 6) is 1.51. The van der Waals surface area contributed by atoms with Gasteiger partial charge in [0, 0.05) is 19.1 Å². The van der Waals surface area contributed by atoms with Gasteiger partial charge < -0.3 is 14.9 Å². The zero-order valence-electron chi connectivity index (χ0n) is 19.8. The fraction of sp³-hybridized carbons (Fsp3) is 0.778. The van der Waals surface area contributed by atoms with Gasteiger partial charge in [-0.2, -0.15) is 0 Å². The van der Waals surface area contributed by atoms with Gasteiger partial charge in [-0.1, -0.05) is 42.4 Å². The van der Waals surface area contributed by atoms with Crippen molar-refractivity contribution in [2.75, 3.05) is 13.2 Å². The third-order valence-electron chi connectivity index (χ3n) is 8.31. The fourth-order valence-electron chi connectivity index (χ4n) is 6.32. The summed E-state index contributed by atoms with van der Waals surface area (Å²) >= 11 is 0. The molecule has 3 rings (SSSR count). The molecule has 0 saturated heterocycles. The van der Waals surface area contributed by atoms with Crippen molar-refractivity contribution >= 4 is 0 Å². The Morgan fingerprint density at radius 3 is 2.70 bits per heavy atom. The van der Waals surface area contributed by atoms with Gasteiger partial charge in [0.15, 0.2) is 0 Å². The van der Waals surface area contributed by atoms with Crippen LogP contribution in [0.15, 0.2) is 35.5 Å². The van der Waals surface area contributed by atoms with Gasteiger partial charge in [-0.05, 0) is 95.8 Å². The molecule has 3 aliphatic rings. The monoisotopic (exact) mass is 416 g/mol. The van der Waals surface area contributed by atoms with Crippen LogP contribution >= 0.6 is 0 Å². The Bertz CT molecular complexity index is 668. The summed E-state index contributed by atoms with van der Waals surface area (Å²) in [4.78, 5) is 0. The Hall–Kier alpha value is -0.900. The van der Waals surface area contributed by atoms with Crippen LogP contribution in [0.1, 0.15) is 85.5 Å². The molecule has 0 aromatic carbocycles. The summed E-state index contributed by atoms with van der Waals surface area (Å²) in [5, 5.41) is 19.6. The quantitative estimate of drug-likeness (QED) is 0.503. The highest BCUT2D eigenvalue weighted by molar-refractivity contribution is 5.27. The zero-order valence-corrected chi connectivity index (χ0v) is 19.8. The normalized spacial score (nSPS) is 36.3. The SMILES string of the molecule is C=C1CC/C(=C/C=C2\CCCC3(C)C2CCC3[C@H](C)OCCC(C)(C)O)CC1CO. The van der Waals surface area contributed by atoms with E-state index >= 15 is 0 Å². The number of fused-ring (bicyclic) bond motifs is 1. The standard InChI is InChI=1S/C27H44O3/c1-19-8-9-21(17-23(19)18-28)10-11-22-7-6-14-27(5)24(12-13-25(22)27)20(2)30-16-15-26(3,4)29/h10-11,20,23-25,28-29H,1,6-9,12-18H2,2-5H3/b21-10-,22-11+/t20-,23?,24?,25?,27?/m0/s1. The molecule has 0 radical (unpaired) electrons. The van der Waals surface area contributed by atoms with Crippen LogP contribution in [0.4, 0.5) is 0 Å². The molecular weight excluding hydrogens is 372 g/mol. The van der Waals surface area contributed by atoms with Gasteiger partial charge in [0.25, 0.3) is 0 Å². The Labute approximate surface area is 184 Å². The van der Waals surface area contributed by atoms with E-state index in [-0.39, 0.29) is 18.6 Å². The minimum Gasteiger partial charge on any atom is -0.396 e. The zero-order chi connectivity index (χ0) is 21.9. The van der Waals surface area contributed by atoms with Crippen LogP contribution < -0.4 is 0 Å². The van der Waals surface area contributed by atoms with Crippen molar-refractivity contribution in [2.45, 2.75) is 97.2 Å². The molecule has 3 fully saturated rings. The summed E-state index contributed by atoms with van der Waals surface area (Å²) in [6.45, 7) is 13.4. The molecule has 0 amide bonds. The van der Waals surface area contributed by atoms with Crippen molar-refractivity contribution in [1.82, 2.24) is 0 Å². The third-order valence-corrected chi connectivity index (χ3v) is 8.31. The second-order valence-electron chi connectivity index (χ2n) is 11.0. The molecule has 170 valence electrons. The van der Waals surface area contributed by atoms with Gasteiger partial charge in [-0.3, -0.25) is 0 Å². The van der Waals surface area contributed by atoms with Crippen LogP contribution in [0, 0.1) is 23.2 Å². The molecule has 3 aliphatic carbocycles. The molecule has 3 saturated carbocycles. The van der Waals surface area contributed by atoms with Gasteiger partial charge in [0.2, 0.25) is 0 Å². The summed E-state index contributed by atoms with van der Waals surface area (Å²) in [7, 11) is 0. The van der Waals surface area contributed by atoms with E-state index in [2.05, 4.69) is 32.6 Å². The first kappa shape index (κ1) is 23.8. The number of aliphatic hydroxyl groups excluding tert-OH is 1. The van der Waals surface area contributed by atoms with Crippen molar-refractivity contribution in [3.05, 3.63) is 35.5 Å². The molecule has 0 bridgehead atoms. The highest BCUT2D eigenvalue weighted by Gasteiger charge is 2.51. The van der Waals surface area contributed by atoms with Crippen LogP contribution in [0.25, 0.3) is 0 Å². The lowest BCUT2D eigenvalue weighted by molar-refractivity contribution is -0.0454. The number of rotatable bonds is 7. The van der Waals surface area contributed by atoms with Crippen molar-refractivity contribution in [3.8, 4) is 0 Å². The highest BCUT2D eigenvalue weighted by atomic mass is 16.5. The summed E-state index contributed by atoms with van der Waals surface area (Å²) in [6.07, 6.45) is 15.1. The van der Waals surface area contributed by atoms with Crippen LogP contribution in [-0.2, 0) is 4.74 Å². The molecule has 0 aliphatic heterocycles. The first-order chi connectivity index (χ1) is 14.1. The summed E-state index contributed by atoms with van der Waals surface area (Å²) < 4.78 is 6.22. The lowest BCUT2D eigenvalue weighted by Crippen LogP contribution is -2.39. The van der Waals surface area contributed by atoms with E-state index in [1.807, 2.05) is 13.8 Å². The maximum absolute atomic E-state index is 9.97.